The second-order valence-corrected chi connectivity index (χ2v) is 4.60. The second kappa shape index (κ2) is 8.50. The van der Waals surface area contributed by atoms with Crippen LogP contribution in [0, 0.1) is 10.1 Å². The van der Waals surface area contributed by atoms with Crippen LogP contribution >= 0.6 is 0 Å². The summed E-state index contributed by atoms with van der Waals surface area (Å²) in [6.45, 7) is 6.73. The van der Waals surface area contributed by atoms with E-state index in [-0.39, 0.29) is 17.2 Å². The first-order chi connectivity index (χ1) is 9.63. The molecule has 2 N–H and O–H groups in total. The fraction of sp³-hybridized carbons (Fsp3) is 0.571. The van der Waals surface area contributed by atoms with Gasteiger partial charge in [0.15, 0.2) is 0 Å². The molecule has 0 radical (unpaired) electrons. The molecule has 6 nitrogen and oxygen atoms in total. The molecule has 0 heterocycles. The van der Waals surface area contributed by atoms with Gasteiger partial charge in [0.25, 0.3) is 5.69 Å². The summed E-state index contributed by atoms with van der Waals surface area (Å²) in [5.41, 5.74) is 1.58. The van der Waals surface area contributed by atoms with Gasteiger partial charge in [-0.25, -0.2) is 0 Å². The number of anilines is 1. The number of nitro benzene ring substituents is 1. The fourth-order valence-electron chi connectivity index (χ4n) is 2.22. The molecule has 1 aromatic carbocycles. The summed E-state index contributed by atoms with van der Waals surface area (Å²) in [7, 11) is 0. The van der Waals surface area contributed by atoms with Crippen molar-refractivity contribution in [1.82, 2.24) is 4.90 Å². The number of nitrogens with zero attached hydrogens (tertiary/aromatic N) is 2. The molecule has 1 aromatic rings. The monoisotopic (exact) mass is 281 g/mol. The van der Waals surface area contributed by atoms with Crippen LogP contribution in [0.5, 0.6) is 0 Å². The van der Waals surface area contributed by atoms with Crippen LogP contribution in [0.2, 0.25) is 0 Å². The van der Waals surface area contributed by atoms with Crippen molar-refractivity contribution in [2.75, 3.05) is 31.6 Å². The zero-order valence-corrected chi connectivity index (χ0v) is 12.1. The van der Waals surface area contributed by atoms with Gasteiger partial charge in [-0.05, 0) is 25.5 Å². The SMILES string of the molecule is CCCN(CCO)Cc1cccc([N+](=O)[O-])c1NCC. The highest BCUT2D eigenvalue weighted by atomic mass is 16.6. The van der Waals surface area contributed by atoms with Crippen molar-refractivity contribution in [3.05, 3.63) is 33.9 Å². The van der Waals surface area contributed by atoms with E-state index in [1.165, 1.54) is 6.07 Å². The Kier molecular flexibility index (Phi) is 6.97. The molecular formula is C14H23N3O3. The molecule has 20 heavy (non-hydrogen) atoms. The van der Waals surface area contributed by atoms with E-state index in [0.717, 1.165) is 18.5 Å². The molecule has 6 heteroatoms. The van der Waals surface area contributed by atoms with Crippen LogP contribution in [0.25, 0.3) is 0 Å². The molecule has 0 amide bonds. The Balaban J connectivity index is 3.02. The van der Waals surface area contributed by atoms with Crippen LogP contribution in [-0.4, -0.2) is 41.2 Å². The lowest BCUT2D eigenvalue weighted by Crippen LogP contribution is -2.27. The van der Waals surface area contributed by atoms with Gasteiger partial charge < -0.3 is 10.4 Å². The number of nitrogens with one attached hydrogen (secondary N) is 1. The Morgan fingerprint density at radius 2 is 2.10 bits per heavy atom. The van der Waals surface area contributed by atoms with Crippen molar-refractivity contribution < 1.29 is 10.0 Å². The molecule has 0 atom stereocenters. The summed E-state index contributed by atoms with van der Waals surface area (Å²) >= 11 is 0. The van der Waals surface area contributed by atoms with Gasteiger partial charge in [0.1, 0.15) is 5.69 Å². The number of aliphatic hydroxyl groups is 1. The van der Waals surface area contributed by atoms with Gasteiger partial charge >= 0.3 is 0 Å². The average molecular weight is 281 g/mol. The molecule has 0 saturated carbocycles. The molecule has 0 spiro atoms. The Bertz CT molecular complexity index is 432. The number of rotatable bonds is 9. The summed E-state index contributed by atoms with van der Waals surface area (Å²) in [5, 5.41) is 23.3. The molecular weight excluding hydrogens is 258 g/mol. The molecule has 0 fully saturated rings. The molecule has 0 aliphatic rings. The maximum atomic E-state index is 11.1. The molecule has 1 rings (SSSR count). The first kappa shape index (κ1) is 16.4. The highest BCUT2D eigenvalue weighted by molar-refractivity contribution is 5.66. The molecule has 0 saturated heterocycles. The first-order valence-electron chi connectivity index (χ1n) is 6.97. The molecule has 112 valence electrons. The highest BCUT2D eigenvalue weighted by Crippen LogP contribution is 2.29. The quantitative estimate of drug-likeness (QED) is 0.536. The number of para-hydroxylation sites is 1. The highest BCUT2D eigenvalue weighted by Gasteiger charge is 2.18. The summed E-state index contributed by atoms with van der Waals surface area (Å²) in [6.07, 6.45) is 0.978. The van der Waals surface area contributed by atoms with Crippen LogP contribution in [0.4, 0.5) is 11.4 Å². The molecule has 0 aliphatic carbocycles. The zero-order chi connectivity index (χ0) is 15.0. The zero-order valence-electron chi connectivity index (χ0n) is 12.1. The minimum atomic E-state index is -0.363. The normalized spacial score (nSPS) is 10.8. The standard InChI is InChI=1S/C14H23N3O3/c1-3-8-16(9-10-18)11-12-6-5-7-13(17(19)20)14(12)15-4-2/h5-7,15,18H,3-4,8-11H2,1-2H3. The van der Waals surface area contributed by atoms with Crippen molar-refractivity contribution >= 4 is 11.4 Å². The van der Waals surface area contributed by atoms with Crippen LogP contribution in [0.1, 0.15) is 25.8 Å². The maximum Gasteiger partial charge on any atom is 0.292 e. The minimum absolute atomic E-state index is 0.0888. The predicted octanol–water partition coefficient (Wildman–Crippen LogP) is 2.23. The van der Waals surface area contributed by atoms with Gasteiger partial charge in [0, 0.05) is 25.7 Å². The lowest BCUT2D eigenvalue weighted by Gasteiger charge is -2.22. The molecule has 0 aliphatic heterocycles. The topological polar surface area (TPSA) is 78.6 Å². The van der Waals surface area contributed by atoms with E-state index < -0.39 is 0 Å². The lowest BCUT2D eigenvalue weighted by molar-refractivity contribution is -0.384. The predicted molar refractivity (Wildman–Crippen MR) is 79.9 cm³/mol. The van der Waals surface area contributed by atoms with Crippen molar-refractivity contribution in [2.45, 2.75) is 26.8 Å². The van der Waals surface area contributed by atoms with Crippen molar-refractivity contribution in [2.24, 2.45) is 0 Å². The van der Waals surface area contributed by atoms with Crippen LogP contribution in [0.15, 0.2) is 18.2 Å². The smallest absolute Gasteiger partial charge is 0.292 e. The summed E-state index contributed by atoms with van der Waals surface area (Å²) in [5.74, 6) is 0. The van der Waals surface area contributed by atoms with Gasteiger partial charge in [-0.2, -0.15) is 0 Å². The Morgan fingerprint density at radius 1 is 1.35 bits per heavy atom. The van der Waals surface area contributed by atoms with Gasteiger partial charge in [0.2, 0.25) is 0 Å². The second-order valence-electron chi connectivity index (χ2n) is 4.60. The van der Waals surface area contributed by atoms with Gasteiger partial charge in [-0.3, -0.25) is 15.0 Å². The molecule has 0 aromatic heterocycles. The van der Waals surface area contributed by atoms with E-state index in [0.29, 0.717) is 25.3 Å². The van der Waals surface area contributed by atoms with Crippen LogP contribution < -0.4 is 5.32 Å². The summed E-state index contributed by atoms with van der Waals surface area (Å²) < 4.78 is 0. The van der Waals surface area contributed by atoms with E-state index in [9.17, 15) is 10.1 Å². The van der Waals surface area contributed by atoms with E-state index in [1.807, 2.05) is 13.0 Å². The van der Waals surface area contributed by atoms with Crippen molar-refractivity contribution in [3.63, 3.8) is 0 Å². The van der Waals surface area contributed by atoms with E-state index in [2.05, 4.69) is 17.1 Å². The third-order valence-electron chi connectivity index (χ3n) is 3.03. The summed E-state index contributed by atoms with van der Waals surface area (Å²) in [4.78, 5) is 12.8. The number of hydrogen-bond donors (Lipinski definition) is 2. The molecule has 0 bridgehead atoms. The third-order valence-corrected chi connectivity index (χ3v) is 3.03. The summed E-state index contributed by atoms with van der Waals surface area (Å²) in [6, 6.07) is 5.11. The van der Waals surface area contributed by atoms with Gasteiger partial charge in [-0.15, -0.1) is 0 Å². The maximum absolute atomic E-state index is 11.1. The van der Waals surface area contributed by atoms with Crippen LogP contribution in [-0.2, 0) is 6.54 Å². The number of nitro groups is 1. The number of aliphatic hydroxyl groups excluding tert-OH is 1. The first-order valence-corrected chi connectivity index (χ1v) is 6.97. The largest absolute Gasteiger partial charge is 0.395 e. The van der Waals surface area contributed by atoms with Crippen molar-refractivity contribution in [1.29, 1.82) is 0 Å². The number of benzene rings is 1. The minimum Gasteiger partial charge on any atom is -0.395 e. The van der Waals surface area contributed by atoms with E-state index >= 15 is 0 Å². The van der Waals surface area contributed by atoms with Crippen molar-refractivity contribution in [3.8, 4) is 0 Å². The lowest BCUT2D eigenvalue weighted by atomic mass is 10.1. The van der Waals surface area contributed by atoms with Gasteiger partial charge in [0.05, 0.1) is 11.5 Å². The van der Waals surface area contributed by atoms with Crippen LogP contribution in [0.3, 0.4) is 0 Å². The Labute approximate surface area is 119 Å². The average Bonchev–Trinajstić information content (AvgIpc) is 2.41. The third kappa shape index (κ3) is 4.47. The fourth-order valence-corrected chi connectivity index (χ4v) is 2.22. The number of hydrogen-bond acceptors (Lipinski definition) is 5. The van der Waals surface area contributed by atoms with Gasteiger partial charge in [-0.1, -0.05) is 19.1 Å². The Hall–Kier alpha value is -1.66. The Morgan fingerprint density at radius 3 is 2.65 bits per heavy atom. The van der Waals surface area contributed by atoms with E-state index in [4.69, 9.17) is 5.11 Å². The van der Waals surface area contributed by atoms with E-state index in [1.54, 1.807) is 6.07 Å². The molecule has 0 unspecified atom stereocenters.